The molecule has 1 atom stereocenters. The lowest BCUT2D eigenvalue weighted by Crippen LogP contribution is -2.33. The molecule has 0 radical (unpaired) electrons. The van der Waals surface area contributed by atoms with Gasteiger partial charge in [0.15, 0.2) is 0 Å². The first kappa shape index (κ1) is 15.0. The highest BCUT2D eigenvalue weighted by atomic mass is 16.1. The Kier molecular flexibility index (Phi) is 5.15. The van der Waals surface area contributed by atoms with Crippen LogP contribution in [0.15, 0.2) is 24.3 Å². The summed E-state index contributed by atoms with van der Waals surface area (Å²) in [7, 11) is 2.10. The Labute approximate surface area is 121 Å². The molecule has 1 aromatic rings. The van der Waals surface area contributed by atoms with Gasteiger partial charge in [0.05, 0.1) is 0 Å². The molecule has 0 saturated heterocycles. The van der Waals surface area contributed by atoms with E-state index in [2.05, 4.69) is 24.2 Å². The third-order valence-corrected chi connectivity index (χ3v) is 4.14. The predicted octanol–water partition coefficient (Wildman–Crippen LogP) is 2.20. The molecule has 1 fully saturated rings. The van der Waals surface area contributed by atoms with E-state index in [0.717, 1.165) is 23.7 Å². The van der Waals surface area contributed by atoms with Crippen LogP contribution in [0.4, 0.5) is 5.69 Å². The van der Waals surface area contributed by atoms with Crippen LogP contribution in [0.5, 0.6) is 0 Å². The molecule has 20 heavy (non-hydrogen) atoms. The number of carbonyl (C=O) groups excluding carboxylic acids is 1. The van der Waals surface area contributed by atoms with Crippen molar-refractivity contribution >= 4 is 11.6 Å². The zero-order valence-corrected chi connectivity index (χ0v) is 12.4. The lowest BCUT2D eigenvalue weighted by atomic mass is 10.2. The molecule has 1 saturated carbocycles. The van der Waals surface area contributed by atoms with E-state index in [1.54, 1.807) is 0 Å². The number of hydrogen-bond donors (Lipinski definition) is 2. The first-order valence-corrected chi connectivity index (χ1v) is 7.39. The second-order valence-electron chi connectivity index (χ2n) is 5.76. The van der Waals surface area contributed by atoms with Crippen LogP contribution in [0.1, 0.15) is 31.7 Å². The van der Waals surface area contributed by atoms with E-state index >= 15 is 0 Å². The number of nitrogens with one attached hydrogen (secondary N) is 1. The van der Waals surface area contributed by atoms with Crippen molar-refractivity contribution in [1.82, 2.24) is 4.90 Å². The van der Waals surface area contributed by atoms with Gasteiger partial charge in [-0.25, -0.2) is 0 Å². The fourth-order valence-corrected chi connectivity index (χ4v) is 2.42. The maximum absolute atomic E-state index is 12.0. The molecule has 1 aromatic carbocycles. The van der Waals surface area contributed by atoms with Gasteiger partial charge in [-0.1, -0.05) is 12.1 Å². The van der Waals surface area contributed by atoms with Crippen molar-refractivity contribution in [3.8, 4) is 0 Å². The standard InChI is InChI=1S/C16H25N3O/c1-12(14-6-7-14)19(2)9-8-16(20)18-15-5-3-4-13(10-15)11-17/h3-5,10,12,14H,6-9,11,17H2,1-2H3,(H,18,20). The molecule has 1 aliphatic carbocycles. The largest absolute Gasteiger partial charge is 0.326 e. The average Bonchev–Trinajstić information content (AvgIpc) is 3.28. The SMILES string of the molecule is CC(C1CC1)N(C)CCC(=O)Nc1cccc(CN)c1. The van der Waals surface area contributed by atoms with Crippen LogP contribution in [0, 0.1) is 5.92 Å². The Morgan fingerprint density at radius 3 is 2.90 bits per heavy atom. The van der Waals surface area contributed by atoms with Gasteiger partial charge < -0.3 is 16.0 Å². The number of nitrogens with two attached hydrogens (primary N) is 1. The van der Waals surface area contributed by atoms with E-state index in [-0.39, 0.29) is 5.91 Å². The summed E-state index contributed by atoms with van der Waals surface area (Å²) in [5, 5.41) is 2.93. The van der Waals surface area contributed by atoms with E-state index in [9.17, 15) is 4.79 Å². The molecule has 0 aromatic heterocycles. The summed E-state index contributed by atoms with van der Waals surface area (Å²) in [6.07, 6.45) is 3.20. The first-order chi connectivity index (χ1) is 9.60. The molecule has 4 nitrogen and oxygen atoms in total. The molecule has 1 unspecified atom stereocenters. The third kappa shape index (κ3) is 4.32. The van der Waals surface area contributed by atoms with Crippen molar-refractivity contribution in [3.05, 3.63) is 29.8 Å². The first-order valence-electron chi connectivity index (χ1n) is 7.39. The Morgan fingerprint density at radius 2 is 2.25 bits per heavy atom. The van der Waals surface area contributed by atoms with Gasteiger partial charge in [-0.15, -0.1) is 0 Å². The van der Waals surface area contributed by atoms with Crippen molar-refractivity contribution in [2.24, 2.45) is 11.7 Å². The van der Waals surface area contributed by atoms with Gasteiger partial charge in [0.1, 0.15) is 0 Å². The van der Waals surface area contributed by atoms with Crippen molar-refractivity contribution in [2.75, 3.05) is 18.9 Å². The minimum Gasteiger partial charge on any atom is -0.326 e. The highest BCUT2D eigenvalue weighted by molar-refractivity contribution is 5.90. The fraction of sp³-hybridized carbons (Fsp3) is 0.562. The van der Waals surface area contributed by atoms with Gasteiger partial charge >= 0.3 is 0 Å². The molecule has 0 bridgehead atoms. The zero-order valence-electron chi connectivity index (χ0n) is 12.4. The summed E-state index contributed by atoms with van der Waals surface area (Å²) in [5.41, 5.74) is 7.46. The molecule has 0 heterocycles. The van der Waals surface area contributed by atoms with E-state index in [1.165, 1.54) is 12.8 Å². The third-order valence-electron chi connectivity index (χ3n) is 4.14. The predicted molar refractivity (Wildman–Crippen MR) is 82.4 cm³/mol. The van der Waals surface area contributed by atoms with Crippen LogP contribution >= 0.6 is 0 Å². The molecule has 3 N–H and O–H groups in total. The van der Waals surface area contributed by atoms with Crippen LogP contribution in [0.2, 0.25) is 0 Å². The van der Waals surface area contributed by atoms with Crippen molar-refractivity contribution < 1.29 is 4.79 Å². The van der Waals surface area contributed by atoms with Gasteiger partial charge in [0, 0.05) is 31.2 Å². The minimum atomic E-state index is 0.0639. The number of carbonyl (C=O) groups is 1. The van der Waals surface area contributed by atoms with E-state index in [1.807, 2.05) is 24.3 Å². The van der Waals surface area contributed by atoms with Crippen LogP contribution in [-0.2, 0) is 11.3 Å². The van der Waals surface area contributed by atoms with E-state index < -0.39 is 0 Å². The smallest absolute Gasteiger partial charge is 0.225 e. The van der Waals surface area contributed by atoms with Crippen LogP contribution in [0.25, 0.3) is 0 Å². The monoisotopic (exact) mass is 275 g/mol. The minimum absolute atomic E-state index is 0.0639. The van der Waals surface area contributed by atoms with Gasteiger partial charge in [-0.3, -0.25) is 4.79 Å². The number of rotatable bonds is 7. The number of benzene rings is 1. The molecule has 0 spiro atoms. The Bertz CT molecular complexity index is 457. The maximum Gasteiger partial charge on any atom is 0.225 e. The molecule has 0 aliphatic heterocycles. The van der Waals surface area contributed by atoms with E-state index in [0.29, 0.717) is 19.0 Å². The van der Waals surface area contributed by atoms with Gasteiger partial charge in [-0.05, 0) is 50.4 Å². The summed E-state index contributed by atoms with van der Waals surface area (Å²) >= 11 is 0. The van der Waals surface area contributed by atoms with Crippen LogP contribution < -0.4 is 11.1 Å². The summed E-state index contributed by atoms with van der Waals surface area (Å²) in [4.78, 5) is 14.2. The van der Waals surface area contributed by atoms with Gasteiger partial charge in [-0.2, -0.15) is 0 Å². The summed E-state index contributed by atoms with van der Waals surface area (Å²) < 4.78 is 0. The number of hydrogen-bond acceptors (Lipinski definition) is 3. The van der Waals surface area contributed by atoms with Crippen molar-refractivity contribution in [2.45, 2.75) is 38.8 Å². The Hall–Kier alpha value is -1.39. The second kappa shape index (κ2) is 6.86. The lowest BCUT2D eigenvalue weighted by molar-refractivity contribution is -0.116. The second-order valence-corrected chi connectivity index (χ2v) is 5.76. The van der Waals surface area contributed by atoms with Gasteiger partial charge in [0.25, 0.3) is 0 Å². The van der Waals surface area contributed by atoms with Crippen molar-refractivity contribution in [3.63, 3.8) is 0 Å². The zero-order chi connectivity index (χ0) is 14.5. The Morgan fingerprint density at radius 1 is 1.50 bits per heavy atom. The number of nitrogens with zero attached hydrogens (tertiary/aromatic N) is 1. The van der Waals surface area contributed by atoms with Crippen molar-refractivity contribution in [1.29, 1.82) is 0 Å². The summed E-state index contributed by atoms with van der Waals surface area (Å²) in [5.74, 6) is 0.901. The van der Waals surface area contributed by atoms with Crippen LogP contribution in [-0.4, -0.2) is 30.4 Å². The number of amides is 1. The highest BCUT2D eigenvalue weighted by Gasteiger charge is 2.30. The topological polar surface area (TPSA) is 58.4 Å². The van der Waals surface area contributed by atoms with Crippen LogP contribution in [0.3, 0.4) is 0 Å². The molecular formula is C16H25N3O. The molecule has 110 valence electrons. The summed E-state index contributed by atoms with van der Waals surface area (Å²) in [6.45, 7) is 3.55. The number of anilines is 1. The molecule has 1 amide bonds. The normalized spacial score (nSPS) is 16.2. The maximum atomic E-state index is 12.0. The van der Waals surface area contributed by atoms with Gasteiger partial charge in [0.2, 0.25) is 5.91 Å². The highest BCUT2D eigenvalue weighted by Crippen LogP contribution is 2.34. The summed E-state index contributed by atoms with van der Waals surface area (Å²) in [6, 6.07) is 8.28. The fourth-order valence-electron chi connectivity index (χ4n) is 2.42. The Balaban J connectivity index is 1.76. The quantitative estimate of drug-likeness (QED) is 0.802. The average molecular weight is 275 g/mol. The molecule has 4 heteroatoms. The molecule has 2 rings (SSSR count). The molecule has 1 aliphatic rings. The van der Waals surface area contributed by atoms with E-state index in [4.69, 9.17) is 5.73 Å². The lowest BCUT2D eigenvalue weighted by Gasteiger charge is -2.24. The molecular weight excluding hydrogens is 250 g/mol.